The highest BCUT2D eigenvalue weighted by molar-refractivity contribution is 6.07. The number of nitrogens with zero attached hydrogens (tertiary/aromatic N) is 3. The van der Waals surface area contributed by atoms with Gasteiger partial charge in [-0.1, -0.05) is 12.1 Å². The number of nitrogens with one attached hydrogen (secondary N) is 1. The molecule has 1 aromatic carbocycles. The van der Waals surface area contributed by atoms with E-state index in [2.05, 4.69) is 39.2 Å². The van der Waals surface area contributed by atoms with Crippen LogP contribution in [0.15, 0.2) is 55.0 Å². The van der Waals surface area contributed by atoms with Gasteiger partial charge in [-0.05, 0) is 57.4 Å². The van der Waals surface area contributed by atoms with Crippen molar-refractivity contribution in [3.05, 3.63) is 55.0 Å². The number of amides is 1. The van der Waals surface area contributed by atoms with E-state index in [4.69, 9.17) is 14.2 Å². The van der Waals surface area contributed by atoms with E-state index in [0.29, 0.717) is 19.0 Å². The number of aromatic nitrogens is 3. The van der Waals surface area contributed by atoms with Crippen molar-refractivity contribution >= 4 is 27.9 Å². The number of carbonyl (C=O) groups is 1. The fourth-order valence-corrected chi connectivity index (χ4v) is 5.21. The van der Waals surface area contributed by atoms with E-state index in [0.717, 1.165) is 53.2 Å². The fraction of sp³-hybridized carbons (Fsp3) is 0.433. The van der Waals surface area contributed by atoms with Gasteiger partial charge in [-0.15, -0.1) is 0 Å². The molecule has 8 nitrogen and oxygen atoms in total. The predicted molar refractivity (Wildman–Crippen MR) is 146 cm³/mol. The van der Waals surface area contributed by atoms with E-state index in [1.807, 2.05) is 45.3 Å². The van der Waals surface area contributed by atoms with Gasteiger partial charge >= 0.3 is 6.09 Å². The Morgan fingerprint density at radius 3 is 2.45 bits per heavy atom. The third kappa shape index (κ3) is 5.31. The minimum Gasteiger partial charge on any atom is -0.474 e. The number of likely N-dealkylation sites (tertiary alicyclic amines) is 1. The lowest BCUT2D eigenvalue weighted by molar-refractivity contribution is -0.110. The molecule has 1 amide bonds. The molecule has 0 radical (unpaired) electrons. The molecule has 1 saturated heterocycles. The highest BCUT2D eigenvalue weighted by Crippen LogP contribution is 2.32. The van der Waals surface area contributed by atoms with Gasteiger partial charge in [-0.25, -0.2) is 9.78 Å². The average Bonchev–Trinajstić information content (AvgIpc) is 3.25. The quantitative estimate of drug-likeness (QED) is 0.346. The minimum atomic E-state index is -0.467. The molecule has 0 atom stereocenters. The summed E-state index contributed by atoms with van der Waals surface area (Å²) in [6.07, 6.45) is 9.24. The molecule has 198 valence electrons. The van der Waals surface area contributed by atoms with Crippen molar-refractivity contribution in [2.45, 2.75) is 70.4 Å². The Bertz CT molecular complexity index is 1430. The summed E-state index contributed by atoms with van der Waals surface area (Å²) in [5, 5.41) is 2.30. The number of carbonyl (C=O) groups excluding carboxylic acids is 1. The molecular formula is C30H34N4O4. The van der Waals surface area contributed by atoms with Crippen molar-refractivity contribution in [2.75, 3.05) is 13.1 Å². The van der Waals surface area contributed by atoms with E-state index < -0.39 is 5.60 Å². The van der Waals surface area contributed by atoms with Gasteiger partial charge in [0.2, 0.25) is 5.88 Å². The van der Waals surface area contributed by atoms with Crippen LogP contribution in [-0.2, 0) is 9.47 Å². The molecule has 1 N–H and O–H groups in total. The molecule has 2 fully saturated rings. The number of fused-ring (bicyclic) bond motifs is 3. The van der Waals surface area contributed by atoms with Crippen molar-refractivity contribution in [1.82, 2.24) is 19.9 Å². The van der Waals surface area contributed by atoms with Crippen LogP contribution in [0.5, 0.6) is 5.88 Å². The number of piperidine rings is 1. The van der Waals surface area contributed by atoms with Crippen molar-refractivity contribution < 1.29 is 19.0 Å². The SMILES string of the molecule is CC(C)(C)OC(=O)N1CCC(O[C@H]2C[C@H](Oc3ccc(-c4ccc5c(c4)[nH]c4ccncc45)cn3)C2)CC1. The zero-order valence-electron chi connectivity index (χ0n) is 22.1. The van der Waals surface area contributed by atoms with Crippen LogP contribution in [-0.4, -0.2) is 62.9 Å². The second-order valence-corrected chi connectivity index (χ2v) is 11.3. The molecule has 1 aliphatic carbocycles. The third-order valence-electron chi connectivity index (χ3n) is 7.29. The normalized spacial score (nSPS) is 20.4. The van der Waals surface area contributed by atoms with Crippen LogP contribution in [0, 0.1) is 0 Å². The summed E-state index contributed by atoms with van der Waals surface area (Å²) in [4.78, 5) is 26.3. The number of hydrogen-bond donors (Lipinski definition) is 1. The standard InChI is InChI=1S/C30H34N4O4/c1-30(2,3)38-29(35)34-12-9-21(10-13-34)36-22-15-23(16-22)37-28-7-5-20(17-32-28)19-4-6-24-25-18-31-11-8-26(25)33-27(24)14-19/h4-8,11,14,17-18,21-23,33H,9-10,12-13,15-16H2,1-3H3/t22-,23-. The highest BCUT2D eigenvalue weighted by atomic mass is 16.6. The largest absolute Gasteiger partial charge is 0.474 e. The first kappa shape index (κ1) is 24.7. The molecule has 6 rings (SSSR count). The van der Waals surface area contributed by atoms with Crippen LogP contribution in [0.4, 0.5) is 4.79 Å². The van der Waals surface area contributed by atoms with E-state index in [9.17, 15) is 4.79 Å². The first-order valence-electron chi connectivity index (χ1n) is 13.4. The average molecular weight is 515 g/mol. The molecule has 4 aromatic rings. The van der Waals surface area contributed by atoms with Crippen LogP contribution in [0.1, 0.15) is 46.5 Å². The Hall–Kier alpha value is -3.65. The predicted octanol–water partition coefficient (Wildman–Crippen LogP) is 6.10. The number of benzene rings is 1. The maximum Gasteiger partial charge on any atom is 0.410 e. The molecule has 0 unspecified atom stereocenters. The van der Waals surface area contributed by atoms with Crippen LogP contribution < -0.4 is 4.74 Å². The van der Waals surface area contributed by atoms with Crippen LogP contribution in [0.3, 0.4) is 0 Å². The number of rotatable bonds is 5. The molecule has 2 aliphatic rings. The monoisotopic (exact) mass is 514 g/mol. The Morgan fingerprint density at radius 1 is 0.921 bits per heavy atom. The van der Waals surface area contributed by atoms with E-state index in [1.54, 1.807) is 11.1 Å². The lowest BCUT2D eigenvalue weighted by Gasteiger charge is -2.39. The van der Waals surface area contributed by atoms with E-state index >= 15 is 0 Å². The molecule has 0 spiro atoms. The molecule has 38 heavy (non-hydrogen) atoms. The summed E-state index contributed by atoms with van der Waals surface area (Å²) in [6, 6.07) is 12.4. The van der Waals surface area contributed by atoms with Crippen LogP contribution in [0.25, 0.3) is 32.9 Å². The summed E-state index contributed by atoms with van der Waals surface area (Å²) in [7, 11) is 0. The minimum absolute atomic E-state index is 0.122. The van der Waals surface area contributed by atoms with Gasteiger partial charge in [0.1, 0.15) is 11.7 Å². The lowest BCUT2D eigenvalue weighted by atomic mass is 9.91. The summed E-state index contributed by atoms with van der Waals surface area (Å²) in [5.41, 5.74) is 3.85. The highest BCUT2D eigenvalue weighted by Gasteiger charge is 2.35. The Balaban J connectivity index is 0.974. The first-order chi connectivity index (χ1) is 18.3. The molecular weight excluding hydrogens is 480 g/mol. The lowest BCUT2D eigenvalue weighted by Crippen LogP contribution is -2.46. The van der Waals surface area contributed by atoms with Crippen molar-refractivity contribution in [2.24, 2.45) is 0 Å². The van der Waals surface area contributed by atoms with Crippen LogP contribution >= 0.6 is 0 Å². The second-order valence-electron chi connectivity index (χ2n) is 11.3. The summed E-state index contributed by atoms with van der Waals surface area (Å²) >= 11 is 0. The molecule has 4 heterocycles. The third-order valence-corrected chi connectivity index (χ3v) is 7.29. The van der Waals surface area contributed by atoms with Crippen molar-refractivity contribution in [3.63, 3.8) is 0 Å². The molecule has 3 aromatic heterocycles. The molecule has 0 bridgehead atoms. The van der Waals surface area contributed by atoms with E-state index in [-0.39, 0.29) is 24.4 Å². The fourth-order valence-electron chi connectivity index (χ4n) is 5.21. The number of aromatic amines is 1. The number of pyridine rings is 2. The molecule has 8 heteroatoms. The molecule has 1 aliphatic heterocycles. The first-order valence-corrected chi connectivity index (χ1v) is 13.4. The Labute approximate surface area is 222 Å². The second kappa shape index (κ2) is 9.91. The number of ether oxygens (including phenoxy) is 3. The van der Waals surface area contributed by atoms with Gasteiger partial charge in [0.25, 0.3) is 0 Å². The summed E-state index contributed by atoms with van der Waals surface area (Å²) in [6.45, 7) is 7.02. The topological polar surface area (TPSA) is 89.6 Å². The number of H-pyrrole nitrogens is 1. The zero-order valence-corrected chi connectivity index (χ0v) is 22.1. The maximum absolute atomic E-state index is 12.3. The van der Waals surface area contributed by atoms with Gasteiger partial charge in [-0.3, -0.25) is 4.98 Å². The van der Waals surface area contributed by atoms with Crippen molar-refractivity contribution in [3.8, 4) is 17.0 Å². The summed E-state index contributed by atoms with van der Waals surface area (Å²) in [5.74, 6) is 0.639. The number of hydrogen-bond acceptors (Lipinski definition) is 6. The van der Waals surface area contributed by atoms with Crippen LogP contribution in [0.2, 0.25) is 0 Å². The van der Waals surface area contributed by atoms with Crippen molar-refractivity contribution in [1.29, 1.82) is 0 Å². The van der Waals surface area contributed by atoms with Gasteiger partial charge in [0.05, 0.1) is 12.2 Å². The Kier molecular flexibility index (Phi) is 6.43. The van der Waals surface area contributed by atoms with Gasteiger partial charge < -0.3 is 24.1 Å². The zero-order chi connectivity index (χ0) is 26.3. The maximum atomic E-state index is 12.3. The van der Waals surface area contributed by atoms with Gasteiger partial charge in [-0.2, -0.15) is 0 Å². The Morgan fingerprint density at radius 2 is 1.71 bits per heavy atom. The smallest absolute Gasteiger partial charge is 0.410 e. The van der Waals surface area contributed by atoms with E-state index in [1.165, 1.54) is 5.39 Å². The summed E-state index contributed by atoms with van der Waals surface area (Å²) < 4.78 is 17.8. The van der Waals surface area contributed by atoms with Gasteiger partial charge in [0.15, 0.2) is 0 Å². The molecule has 1 saturated carbocycles. The van der Waals surface area contributed by atoms with Gasteiger partial charge in [0, 0.05) is 78.0 Å².